The van der Waals surface area contributed by atoms with Gasteiger partial charge in [0.15, 0.2) is 5.78 Å². The van der Waals surface area contributed by atoms with E-state index < -0.39 is 12.1 Å². The predicted octanol–water partition coefficient (Wildman–Crippen LogP) is 4.95. The van der Waals surface area contributed by atoms with E-state index in [4.69, 9.17) is 9.84 Å². The van der Waals surface area contributed by atoms with Gasteiger partial charge in [0.05, 0.1) is 11.3 Å². The first-order valence-electron chi connectivity index (χ1n) is 9.46. The second kappa shape index (κ2) is 7.83. The molecule has 30 heavy (non-hydrogen) atoms. The number of aromatic carboxylic acids is 1. The summed E-state index contributed by atoms with van der Waals surface area (Å²) in [4.78, 5) is 35.4. The number of amides is 1. The summed E-state index contributed by atoms with van der Waals surface area (Å²) in [6.07, 6.45) is -0.706. The van der Waals surface area contributed by atoms with Crippen molar-refractivity contribution < 1.29 is 24.2 Å². The van der Waals surface area contributed by atoms with Crippen LogP contribution in [0.1, 0.15) is 44.7 Å². The Kier molecular flexibility index (Phi) is 5.06. The number of carboxylic acids is 1. The van der Waals surface area contributed by atoms with Crippen LogP contribution in [0.5, 0.6) is 0 Å². The summed E-state index contributed by atoms with van der Waals surface area (Å²) >= 11 is 0. The summed E-state index contributed by atoms with van der Waals surface area (Å²) in [6, 6.07) is 20.0. The van der Waals surface area contributed by atoms with Gasteiger partial charge in [-0.25, -0.2) is 9.59 Å². The first-order valence-corrected chi connectivity index (χ1v) is 9.46. The lowest BCUT2D eigenvalue weighted by molar-refractivity contribution is 0.0697. The second-order valence-electron chi connectivity index (χ2n) is 7.07. The largest absolute Gasteiger partial charge is 0.478 e. The maximum absolute atomic E-state index is 12.4. The first kappa shape index (κ1) is 19.4. The molecule has 0 aromatic heterocycles. The average molecular weight is 401 g/mol. The van der Waals surface area contributed by atoms with Gasteiger partial charge in [-0.05, 0) is 47.4 Å². The fourth-order valence-corrected chi connectivity index (χ4v) is 3.82. The van der Waals surface area contributed by atoms with Gasteiger partial charge in [-0.15, -0.1) is 0 Å². The number of anilines is 1. The normalized spacial score (nSPS) is 12.0. The minimum atomic E-state index is -1.15. The van der Waals surface area contributed by atoms with E-state index in [0.29, 0.717) is 0 Å². The molecule has 2 N–H and O–H groups in total. The summed E-state index contributed by atoms with van der Waals surface area (Å²) in [6.45, 7) is 1.45. The molecular formula is C24H19NO5. The molecule has 3 aromatic rings. The topological polar surface area (TPSA) is 92.7 Å². The fourth-order valence-electron chi connectivity index (χ4n) is 3.82. The molecule has 1 amide bonds. The van der Waals surface area contributed by atoms with E-state index in [-0.39, 0.29) is 35.1 Å². The zero-order valence-electron chi connectivity index (χ0n) is 16.2. The zero-order valence-corrected chi connectivity index (χ0v) is 16.2. The van der Waals surface area contributed by atoms with Crippen molar-refractivity contribution in [2.75, 3.05) is 11.9 Å². The molecule has 0 atom stereocenters. The lowest BCUT2D eigenvalue weighted by atomic mass is 9.98. The highest BCUT2D eigenvalue weighted by Crippen LogP contribution is 2.44. The Morgan fingerprint density at radius 1 is 0.933 bits per heavy atom. The zero-order chi connectivity index (χ0) is 21.3. The summed E-state index contributed by atoms with van der Waals surface area (Å²) in [7, 11) is 0. The number of carbonyl (C=O) groups excluding carboxylic acids is 2. The van der Waals surface area contributed by atoms with Crippen LogP contribution >= 0.6 is 0 Å². The van der Waals surface area contributed by atoms with Crippen LogP contribution in [0, 0.1) is 0 Å². The predicted molar refractivity (Wildman–Crippen MR) is 112 cm³/mol. The molecule has 0 fully saturated rings. The van der Waals surface area contributed by atoms with Crippen molar-refractivity contribution in [1.29, 1.82) is 0 Å². The van der Waals surface area contributed by atoms with E-state index in [1.165, 1.54) is 25.1 Å². The number of Topliss-reactive ketones (excluding diaryl/α,β-unsaturated/α-hetero) is 1. The lowest BCUT2D eigenvalue weighted by Gasteiger charge is -2.15. The lowest BCUT2D eigenvalue weighted by Crippen LogP contribution is -2.19. The maximum atomic E-state index is 12.4. The van der Waals surface area contributed by atoms with Gasteiger partial charge in [-0.2, -0.15) is 0 Å². The van der Waals surface area contributed by atoms with Crippen LogP contribution in [0.15, 0.2) is 66.7 Å². The number of carbonyl (C=O) groups is 3. The molecular weight excluding hydrogens is 382 g/mol. The maximum Gasteiger partial charge on any atom is 0.411 e. The van der Waals surface area contributed by atoms with Crippen LogP contribution in [0.3, 0.4) is 0 Å². The van der Waals surface area contributed by atoms with E-state index in [1.54, 1.807) is 0 Å². The Bertz CT molecular complexity index is 1120. The molecule has 6 heteroatoms. The summed E-state index contributed by atoms with van der Waals surface area (Å²) < 4.78 is 5.48. The molecule has 0 aliphatic heterocycles. The fraction of sp³-hybridized carbons (Fsp3) is 0.125. The van der Waals surface area contributed by atoms with Gasteiger partial charge in [-0.3, -0.25) is 10.1 Å². The summed E-state index contributed by atoms with van der Waals surface area (Å²) in [5, 5.41) is 11.7. The molecule has 0 heterocycles. The number of ketones is 1. The number of ether oxygens (including phenoxy) is 1. The SMILES string of the molecule is CC(=O)c1cc(C(=O)O)ccc1NC(=O)OCC1c2ccccc2-c2ccccc21. The van der Waals surface area contributed by atoms with E-state index in [9.17, 15) is 14.4 Å². The number of carboxylic acid groups (broad SMARTS) is 1. The van der Waals surface area contributed by atoms with Crippen molar-refractivity contribution in [3.8, 4) is 11.1 Å². The third-order valence-corrected chi connectivity index (χ3v) is 5.23. The number of rotatable bonds is 5. The molecule has 0 unspecified atom stereocenters. The number of hydrogen-bond acceptors (Lipinski definition) is 4. The number of hydrogen-bond donors (Lipinski definition) is 2. The number of nitrogens with one attached hydrogen (secondary N) is 1. The van der Waals surface area contributed by atoms with Gasteiger partial charge in [0, 0.05) is 11.5 Å². The summed E-state index contributed by atoms with van der Waals surface area (Å²) in [5.41, 5.74) is 4.75. The van der Waals surface area contributed by atoms with E-state index in [0.717, 1.165) is 22.3 Å². The molecule has 1 aliphatic carbocycles. The van der Waals surface area contributed by atoms with Gasteiger partial charge < -0.3 is 9.84 Å². The van der Waals surface area contributed by atoms with Crippen molar-refractivity contribution in [2.45, 2.75) is 12.8 Å². The molecule has 0 bridgehead atoms. The Morgan fingerprint density at radius 2 is 1.53 bits per heavy atom. The molecule has 150 valence electrons. The molecule has 0 spiro atoms. The Morgan fingerprint density at radius 3 is 2.10 bits per heavy atom. The Hall–Kier alpha value is -3.93. The quantitative estimate of drug-likeness (QED) is 0.590. The minimum Gasteiger partial charge on any atom is -0.478 e. The van der Waals surface area contributed by atoms with E-state index >= 15 is 0 Å². The number of benzene rings is 3. The van der Waals surface area contributed by atoms with Crippen LogP contribution in [-0.4, -0.2) is 29.6 Å². The van der Waals surface area contributed by atoms with Crippen molar-refractivity contribution in [3.05, 3.63) is 89.0 Å². The highest BCUT2D eigenvalue weighted by Gasteiger charge is 2.29. The second-order valence-corrected chi connectivity index (χ2v) is 7.07. The van der Waals surface area contributed by atoms with Crippen LogP contribution in [0.2, 0.25) is 0 Å². The highest BCUT2D eigenvalue weighted by molar-refractivity contribution is 6.04. The highest BCUT2D eigenvalue weighted by atomic mass is 16.5. The first-order chi connectivity index (χ1) is 14.5. The van der Waals surface area contributed by atoms with Gasteiger partial charge in [0.25, 0.3) is 0 Å². The number of fused-ring (bicyclic) bond motifs is 3. The Labute approximate surface area is 173 Å². The smallest absolute Gasteiger partial charge is 0.411 e. The molecule has 4 rings (SSSR count). The monoisotopic (exact) mass is 401 g/mol. The van der Waals surface area contributed by atoms with Gasteiger partial charge in [0.2, 0.25) is 0 Å². The van der Waals surface area contributed by atoms with Crippen LogP contribution in [0.25, 0.3) is 11.1 Å². The van der Waals surface area contributed by atoms with E-state index in [2.05, 4.69) is 17.4 Å². The molecule has 0 saturated carbocycles. The van der Waals surface area contributed by atoms with Crippen molar-refractivity contribution in [3.63, 3.8) is 0 Å². The molecule has 0 radical (unpaired) electrons. The van der Waals surface area contributed by atoms with Gasteiger partial charge in [-0.1, -0.05) is 48.5 Å². The average Bonchev–Trinajstić information content (AvgIpc) is 3.06. The molecule has 1 aliphatic rings. The third kappa shape index (κ3) is 3.55. The van der Waals surface area contributed by atoms with Crippen LogP contribution in [0.4, 0.5) is 10.5 Å². The third-order valence-electron chi connectivity index (χ3n) is 5.23. The van der Waals surface area contributed by atoms with Gasteiger partial charge >= 0.3 is 12.1 Å². The summed E-state index contributed by atoms with van der Waals surface area (Å²) in [5.74, 6) is -1.58. The standard InChI is InChI=1S/C24H19NO5/c1-14(26)20-12-15(23(27)28)10-11-22(20)25-24(29)30-13-21-18-8-4-2-6-16(18)17-7-3-5-9-19(17)21/h2-12,21H,13H2,1H3,(H,25,29)(H,27,28). The molecule has 3 aromatic carbocycles. The Balaban J connectivity index is 1.51. The van der Waals surface area contributed by atoms with Crippen LogP contribution < -0.4 is 5.32 Å². The van der Waals surface area contributed by atoms with Crippen LogP contribution in [-0.2, 0) is 4.74 Å². The van der Waals surface area contributed by atoms with Gasteiger partial charge in [0.1, 0.15) is 6.61 Å². The molecule has 0 saturated heterocycles. The van der Waals surface area contributed by atoms with Crippen molar-refractivity contribution in [2.24, 2.45) is 0 Å². The van der Waals surface area contributed by atoms with Crippen molar-refractivity contribution in [1.82, 2.24) is 0 Å². The molecule has 6 nitrogen and oxygen atoms in total. The van der Waals surface area contributed by atoms with Crippen molar-refractivity contribution >= 4 is 23.5 Å². The van der Waals surface area contributed by atoms with E-state index in [1.807, 2.05) is 36.4 Å². The minimum absolute atomic E-state index is 0.0294.